The third-order valence-corrected chi connectivity index (χ3v) is 9.03. The summed E-state index contributed by atoms with van der Waals surface area (Å²) in [5.41, 5.74) is 2.52. The van der Waals surface area contributed by atoms with Crippen molar-refractivity contribution in [2.24, 2.45) is 11.8 Å². The van der Waals surface area contributed by atoms with Crippen LogP contribution >= 0.6 is 0 Å². The molecule has 2 amide bonds. The third kappa shape index (κ3) is 5.27. The number of benzene rings is 4. The maximum Gasteiger partial charge on any atom is 0.238 e. The van der Waals surface area contributed by atoms with E-state index in [2.05, 4.69) is 0 Å². The highest BCUT2D eigenvalue weighted by atomic mass is 16.5. The van der Waals surface area contributed by atoms with Crippen LogP contribution in [0.5, 0.6) is 28.7 Å². The van der Waals surface area contributed by atoms with Gasteiger partial charge in [0.05, 0.1) is 38.9 Å². The molecule has 1 aromatic heterocycles. The Morgan fingerprint density at radius 3 is 2.21 bits per heavy atom. The van der Waals surface area contributed by atoms with E-state index in [1.165, 1.54) is 25.2 Å². The van der Waals surface area contributed by atoms with E-state index in [9.17, 15) is 14.4 Å². The Morgan fingerprint density at radius 1 is 0.750 bits per heavy atom. The van der Waals surface area contributed by atoms with E-state index in [0.717, 1.165) is 5.57 Å². The van der Waals surface area contributed by atoms with E-state index >= 15 is 0 Å². The van der Waals surface area contributed by atoms with Crippen LogP contribution in [-0.2, 0) is 9.59 Å². The maximum atomic E-state index is 14.4. The van der Waals surface area contributed by atoms with Crippen LogP contribution in [0, 0.1) is 11.8 Å². The highest BCUT2D eigenvalue weighted by molar-refractivity contribution is 6.22. The number of methoxy groups -OCH3 is 3. The highest BCUT2D eigenvalue weighted by Gasteiger charge is 2.54. The van der Waals surface area contributed by atoms with Gasteiger partial charge in [-0.3, -0.25) is 14.4 Å². The zero-order chi connectivity index (χ0) is 33.5. The van der Waals surface area contributed by atoms with E-state index in [1.807, 2.05) is 43.3 Å². The smallest absolute Gasteiger partial charge is 0.238 e. The maximum absolute atomic E-state index is 14.4. The minimum Gasteiger partial charge on any atom is -0.497 e. The molecular weight excluding hydrogens is 610 g/mol. The Balaban J connectivity index is 1.31. The fraction of sp³-hybridized carbons (Fsp3) is 0.205. The fourth-order valence-electron chi connectivity index (χ4n) is 6.90. The van der Waals surface area contributed by atoms with Crippen molar-refractivity contribution in [2.45, 2.75) is 19.3 Å². The molecular formula is C39H33NO8. The van der Waals surface area contributed by atoms with Gasteiger partial charge >= 0.3 is 0 Å². The second-order valence-corrected chi connectivity index (χ2v) is 11.9. The van der Waals surface area contributed by atoms with Crippen molar-refractivity contribution in [1.29, 1.82) is 0 Å². The van der Waals surface area contributed by atoms with Gasteiger partial charge in [-0.2, -0.15) is 0 Å². The third-order valence-electron chi connectivity index (χ3n) is 9.03. The van der Waals surface area contributed by atoms with Gasteiger partial charge in [-0.25, -0.2) is 4.90 Å². The van der Waals surface area contributed by atoms with Gasteiger partial charge in [-0.1, -0.05) is 35.9 Å². The topological polar surface area (TPSA) is 105 Å². The number of anilines is 1. The number of allylic oxidation sites excluding steroid dienone is 2. The predicted octanol–water partition coefficient (Wildman–Crippen LogP) is 7.52. The Kier molecular flexibility index (Phi) is 7.96. The van der Waals surface area contributed by atoms with Gasteiger partial charge in [0, 0.05) is 35.2 Å². The summed E-state index contributed by atoms with van der Waals surface area (Å²) < 4.78 is 29.3. The molecule has 1 aliphatic carbocycles. The molecule has 3 atom stereocenters. The monoisotopic (exact) mass is 643 g/mol. The van der Waals surface area contributed by atoms with Crippen LogP contribution in [0.3, 0.4) is 0 Å². The summed E-state index contributed by atoms with van der Waals surface area (Å²) in [7, 11) is 4.56. The molecule has 2 heterocycles. The van der Waals surface area contributed by atoms with Crippen molar-refractivity contribution in [2.75, 3.05) is 26.2 Å². The lowest BCUT2D eigenvalue weighted by molar-refractivity contribution is -0.122. The largest absolute Gasteiger partial charge is 0.497 e. The number of hydrogen-bond acceptors (Lipinski definition) is 8. The van der Waals surface area contributed by atoms with Crippen molar-refractivity contribution < 1.29 is 33.0 Å². The molecule has 0 spiro atoms. The molecule has 1 saturated heterocycles. The number of rotatable bonds is 8. The Bertz CT molecular complexity index is 2130. The van der Waals surface area contributed by atoms with E-state index in [4.69, 9.17) is 23.4 Å². The molecule has 0 bridgehead atoms. The zero-order valence-electron chi connectivity index (χ0n) is 26.9. The van der Waals surface area contributed by atoms with Crippen LogP contribution in [0.25, 0.3) is 22.3 Å². The Hall–Kier alpha value is -5.83. The van der Waals surface area contributed by atoms with Gasteiger partial charge in [-0.15, -0.1) is 0 Å². The summed E-state index contributed by atoms with van der Waals surface area (Å²) in [6, 6.07) is 26.5. The Morgan fingerprint density at radius 2 is 1.50 bits per heavy atom. The fourth-order valence-corrected chi connectivity index (χ4v) is 6.90. The number of ether oxygens (including phenoxy) is 4. The quantitative estimate of drug-likeness (QED) is 0.126. The summed E-state index contributed by atoms with van der Waals surface area (Å²) in [6.45, 7) is 1.94. The summed E-state index contributed by atoms with van der Waals surface area (Å²) in [5, 5.41) is 0.220. The molecule has 0 saturated carbocycles. The van der Waals surface area contributed by atoms with Gasteiger partial charge in [0.25, 0.3) is 0 Å². The van der Waals surface area contributed by atoms with Gasteiger partial charge in [0.2, 0.25) is 11.8 Å². The van der Waals surface area contributed by atoms with Crippen molar-refractivity contribution in [1.82, 2.24) is 0 Å². The lowest BCUT2D eigenvalue weighted by Gasteiger charge is -2.31. The SMILES string of the molecule is COc1ccc(-c2cc(=O)c3c(OC)c([C@@H]4C=C(C)C[C@H]5C(=O)N(c6cccc(Oc7ccccc7)c6)C(=O)[C@H]54)c(OC)cc3o2)cc1. The lowest BCUT2D eigenvalue weighted by Crippen LogP contribution is -2.31. The molecule has 1 fully saturated rings. The second-order valence-electron chi connectivity index (χ2n) is 11.9. The van der Waals surface area contributed by atoms with Crippen LogP contribution in [0.15, 0.2) is 112 Å². The molecule has 0 unspecified atom stereocenters. The van der Waals surface area contributed by atoms with Gasteiger partial charge < -0.3 is 23.4 Å². The molecule has 242 valence electrons. The average Bonchev–Trinajstić information content (AvgIpc) is 3.35. The first-order valence-electron chi connectivity index (χ1n) is 15.6. The predicted molar refractivity (Wildman–Crippen MR) is 181 cm³/mol. The minimum atomic E-state index is -0.759. The molecule has 9 heteroatoms. The van der Waals surface area contributed by atoms with Crippen molar-refractivity contribution >= 4 is 28.5 Å². The summed E-state index contributed by atoms with van der Waals surface area (Å²) in [4.78, 5) is 43.4. The number of hydrogen-bond donors (Lipinski definition) is 0. The van der Waals surface area contributed by atoms with Crippen LogP contribution < -0.4 is 29.3 Å². The minimum absolute atomic E-state index is 0.220. The number of carbonyl (C=O) groups excluding carboxylic acids is 2. The first kappa shape index (κ1) is 30.8. The van der Waals surface area contributed by atoms with Crippen molar-refractivity contribution in [3.05, 3.63) is 118 Å². The van der Waals surface area contributed by atoms with E-state index in [0.29, 0.717) is 52.0 Å². The summed E-state index contributed by atoms with van der Waals surface area (Å²) >= 11 is 0. The average molecular weight is 644 g/mol. The number of para-hydroxylation sites is 1. The number of imide groups is 1. The standard InChI is InChI=1S/C39H33NO8/c1-22-17-28(34-29(18-22)38(42)40(39(34)43)24-9-8-12-27(19-24)47-26-10-6-5-7-11-26)35-32(45-3)21-33-36(37(35)46-4)30(41)20-31(48-33)23-13-15-25(44-2)16-14-23/h5-17,19-21,28-29,34H,18H2,1-4H3/t28-,29-,34+/m1/s1. The summed E-state index contributed by atoms with van der Waals surface area (Å²) in [6.07, 6.45) is 2.40. The highest BCUT2D eigenvalue weighted by Crippen LogP contribution is 2.52. The summed E-state index contributed by atoms with van der Waals surface area (Å²) in [5.74, 6) is 0.161. The Labute approximate surface area is 276 Å². The number of amides is 2. The molecule has 7 rings (SSSR count). The molecule has 9 nitrogen and oxygen atoms in total. The normalized spacial score (nSPS) is 18.8. The number of nitrogens with zero attached hydrogens (tertiary/aromatic N) is 1. The van der Waals surface area contributed by atoms with Gasteiger partial charge in [-0.05, 0) is 61.9 Å². The van der Waals surface area contributed by atoms with Crippen LogP contribution in [0.1, 0.15) is 24.8 Å². The van der Waals surface area contributed by atoms with E-state index in [-0.39, 0.29) is 34.0 Å². The molecule has 0 radical (unpaired) electrons. The molecule has 5 aromatic rings. The molecule has 1 aliphatic heterocycles. The lowest BCUT2D eigenvalue weighted by atomic mass is 9.71. The molecule has 2 aliphatic rings. The van der Waals surface area contributed by atoms with Crippen LogP contribution in [0.4, 0.5) is 5.69 Å². The zero-order valence-corrected chi connectivity index (χ0v) is 26.9. The first-order valence-corrected chi connectivity index (χ1v) is 15.6. The number of fused-ring (bicyclic) bond motifs is 2. The van der Waals surface area contributed by atoms with Crippen LogP contribution in [0.2, 0.25) is 0 Å². The second kappa shape index (κ2) is 12.4. The first-order chi connectivity index (χ1) is 23.3. The van der Waals surface area contributed by atoms with E-state index in [1.54, 1.807) is 61.7 Å². The van der Waals surface area contributed by atoms with Gasteiger partial charge in [0.1, 0.15) is 45.5 Å². The molecule has 4 aromatic carbocycles. The van der Waals surface area contributed by atoms with Crippen LogP contribution in [-0.4, -0.2) is 33.1 Å². The molecule has 48 heavy (non-hydrogen) atoms. The number of carbonyl (C=O) groups is 2. The van der Waals surface area contributed by atoms with Crippen molar-refractivity contribution in [3.63, 3.8) is 0 Å². The molecule has 0 N–H and O–H groups in total. The van der Waals surface area contributed by atoms with Gasteiger partial charge in [0.15, 0.2) is 5.43 Å². The van der Waals surface area contributed by atoms with E-state index < -0.39 is 17.8 Å². The van der Waals surface area contributed by atoms with Crippen molar-refractivity contribution in [3.8, 4) is 40.1 Å².